The number of benzene rings is 2. The second-order valence-corrected chi connectivity index (χ2v) is 16.1. The molecule has 0 bridgehead atoms. The van der Waals surface area contributed by atoms with Crippen molar-refractivity contribution >= 4 is 39.5 Å². The molecule has 2 aromatic carbocycles. The van der Waals surface area contributed by atoms with Crippen LogP contribution in [0, 0.1) is 11.8 Å². The molecule has 1 unspecified atom stereocenters. The molecule has 0 spiro atoms. The molecule has 1 saturated heterocycles. The molecule has 15 heteroatoms. The summed E-state index contributed by atoms with van der Waals surface area (Å²) >= 11 is 1.53. The van der Waals surface area contributed by atoms with Crippen LogP contribution < -0.4 is 10.6 Å². The number of nitrogens with one attached hydrogen (secondary N) is 2. The summed E-state index contributed by atoms with van der Waals surface area (Å²) in [5.41, 5.74) is 2.17. The number of carbonyl (C=O) groups is 2. The van der Waals surface area contributed by atoms with Crippen LogP contribution in [0.2, 0.25) is 0 Å². The van der Waals surface area contributed by atoms with Gasteiger partial charge in [-0.1, -0.05) is 75.3 Å². The van der Waals surface area contributed by atoms with Gasteiger partial charge in [-0.3, -0.25) is 4.79 Å². The van der Waals surface area contributed by atoms with Gasteiger partial charge in [-0.05, 0) is 48.6 Å². The quantitative estimate of drug-likeness (QED) is 0.0880. The van der Waals surface area contributed by atoms with Gasteiger partial charge in [-0.15, -0.1) is 11.3 Å². The number of aromatic nitrogens is 1. The normalized spacial score (nSPS) is 15.8. The number of sulfonamides is 1. The summed E-state index contributed by atoms with van der Waals surface area (Å²) in [6, 6.07) is 13.3. The van der Waals surface area contributed by atoms with E-state index >= 15 is 0 Å². The van der Waals surface area contributed by atoms with Gasteiger partial charge in [0, 0.05) is 38.1 Å². The van der Waals surface area contributed by atoms with Crippen LogP contribution in [0.15, 0.2) is 70.0 Å². The van der Waals surface area contributed by atoms with Crippen LogP contribution in [-0.4, -0.2) is 107 Å². The zero-order valence-corrected chi connectivity index (χ0v) is 30.9. The number of amides is 3. The second kappa shape index (κ2) is 17.9. The van der Waals surface area contributed by atoms with Crippen molar-refractivity contribution in [2.45, 2.75) is 70.3 Å². The van der Waals surface area contributed by atoms with Crippen molar-refractivity contribution < 1.29 is 28.3 Å². The summed E-state index contributed by atoms with van der Waals surface area (Å²) in [5.74, 6) is -0.723. The number of hydrogen-bond acceptors (Lipinski definition) is 10. The van der Waals surface area contributed by atoms with E-state index in [-0.39, 0.29) is 42.3 Å². The number of urea groups is 1. The van der Waals surface area contributed by atoms with Crippen molar-refractivity contribution in [2.75, 3.05) is 33.2 Å². The van der Waals surface area contributed by atoms with Gasteiger partial charge in [0.05, 0.1) is 35.5 Å². The Bertz CT molecular complexity index is 1680. The van der Waals surface area contributed by atoms with E-state index in [4.69, 9.17) is 5.21 Å². The lowest BCUT2D eigenvalue weighted by atomic mass is 9.97. The predicted molar refractivity (Wildman–Crippen MR) is 194 cm³/mol. The van der Waals surface area contributed by atoms with Crippen LogP contribution in [0.1, 0.15) is 49.5 Å². The maximum Gasteiger partial charge on any atom is 0.321 e. The van der Waals surface area contributed by atoms with E-state index in [9.17, 15) is 23.1 Å². The highest BCUT2D eigenvalue weighted by Crippen LogP contribution is 2.23. The number of rotatable bonds is 18. The monoisotopic (exact) mass is 727 g/mol. The Hall–Kier alpha value is -3.89. The van der Waals surface area contributed by atoms with E-state index in [1.807, 2.05) is 70.5 Å². The third kappa shape index (κ3) is 10.1. The number of aliphatic hydroxyl groups is 1. The van der Waals surface area contributed by atoms with E-state index in [1.54, 1.807) is 9.80 Å². The zero-order chi connectivity index (χ0) is 36.4. The highest BCUT2D eigenvalue weighted by Gasteiger charge is 2.40. The van der Waals surface area contributed by atoms with Gasteiger partial charge in [-0.25, -0.2) is 18.2 Å². The summed E-state index contributed by atoms with van der Waals surface area (Å²) in [7, 11) is -2.20. The van der Waals surface area contributed by atoms with Crippen molar-refractivity contribution in [1.82, 2.24) is 29.7 Å². The molecule has 13 nitrogen and oxygen atoms in total. The molecule has 0 aliphatic carbocycles. The van der Waals surface area contributed by atoms with Crippen LogP contribution in [0.4, 0.5) is 4.79 Å². The molecule has 3 aromatic rings. The third-order valence-corrected chi connectivity index (χ3v) is 11.2. The average Bonchev–Trinajstić information content (AvgIpc) is 3.67. The summed E-state index contributed by atoms with van der Waals surface area (Å²) in [4.78, 5) is 35.7. The lowest BCUT2D eigenvalue weighted by molar-refractivity contribution is -0.128. The molecule has 1 aliphatic heterocycles. The van der Waals surface area contributed by atoms with Gasteiger partial charge >= 0.3 is 6.03 Å². The fraction of sp³-hybridized carbons (Fsp3) is 0.486. The summed E-state index contributed by atoms with van der Waals surface area (Å²) in [6.45, 7) is 9.18. The van der Waals surface area contributed by atoms with Crippen molar-refractivity contribution in [1.29, 1.82) is 0 Å². The lowest BCUT2D eigenvalue weighted by Crippen LogP contribution is -2.57. The first-order valence-corrected chi connectivity index (χ1v) is 19.1. The first kappa shape index (κ1) is 38.9. The average molecular weight is 728 g/mol. The first-order chi connectivity index (χ1) is 23.8. The Morgan fingerprint density at radius 2 is 1.78 bits per heavy atom. The third-order valence-electron chi connectivity index (χ3n) is 8.42. The molecule has 1 aliphatic rings. The predicted octanol–water partition coefficient (Wildman–Crippen LogP) is 3.37. The highest BCUT2D eigenvalue weighted by atomic mass is 32.2. The maximum absolute atomic E-state index is 14.1. The molecule has 0 radical (unpaired) electrons. The van der Waals surface area contributed by atoms with Crippen LogP contribution in [0.5, 0.6) is 0 Å². The van der Waals surface area contributed by atoms with Gasteiger partial charge in [-0.2, -0.15) is 4.31 Å². The molecule has 50 heavy (non-hydrogen) atoms. The van der Waals surface area contributed by atoms with E-state index in [2.05, 4.69) is 20.8 Å². The molecule has 3 amide bonds. The molecule has 1 fully saturated rings. The Morgan fingerprint density at radius 1 is 1.08 bits per heavy atom. The fourth-order valence-electron chi connectivity index (χ4n) is 6.03. The second-order valence-electron chi connectivity index (χ2n) is 13.3. The Balaban J connectivity index is 1.55. The Morgan fingerprint density at radius 3 is 2.40 bits per heavy atom. The zero-order valence-electron chi connectivity index (χ0n) is 29.3. The molecule has 4 rings (SSSR count). The smallest absolute Gasteiger partial charge is 0.321 e. The largest absolute Gasteiger partial charge is 0.411 e. The van der Waals surface area contributed by atoms with E-state index < -0.39 is 34.1 Å². The molecule has 3 atom stereocenters. The number of carbonyl (C=O) groups excluding carboxylic acids is 2. The molecular weight excluding hydrogens is 679 g/mol. The Kier molecular flexibility index (Phi) is 13.9. The summed E-state index contributed by atoms with van der Waals surface area (Å²) < 4.78 is 29.0. The van der Waals surface area contributed by atoms with E-state index in [1.165, 1.54) is 46.1 Å². The number of nitrogens with zero attached hydrogens (tertiary/aromatic N) is 5. The summed E-state index contributed by atoms with van der Waals surface area (Å²) in [6.07, 6.45) is 0.147. The van der Waals surface area contributed by atoms with Crippen molar-refractivity contribution in [3.63, 3.8) is 0 Å². The Labute approximate surface area is 299 Å². The first-order valence-electron chi connectivity index (χ1n) is 16.8. The van der Waals surface area contributed by atoms with E-state index in [0.29, 0.717) is 31.7 Å². The number of hydrogen-bond donors (Lipinski definition) is 4. The standard InChI is InChI=1S/C35H49N7O6S2/c1-24(2)20-41(50(47,48)29-13-11-27(12-14-29)18-37-46)22-31(43)30(17-26-9-7-6-8-10-26)39-34(44)33(25(3)4)42-16-15-40(35(42)45)21-28-23-49-32(38-28)19-36-5/h6-14,18,23-25,30-31,33,36,43,46H,15-17,19-22H2,1-5H3,(H,39,44)/b37-18+/t30-,31?,33+/m0/s1. The molecule has 4 N–H and O–H groups in total. The number of aliphatic hydroxyl groups excluding tert-OH is 1. The highest BCUT2D eigenvalue weighted by molar-refractivity contribution is 7.89. The SMILES string of the molecule is CNCc1nc(CN2CCN([C@@H](C(=O)N[C@@H](Cc3ccccc3)C(O)CN(CC(C)C)S(=O)(=O)c3ccc(/C=N/O)cc3)C(C)C)C2=O)cs1. The van der Waals surface area contributed by atoms with Gasteiger partial charge in [0.1, 0.15) is 11.0 Å². The van der Waals surface area contributed by atoms with Crippen molar-refractivity contribution in [2.24, 2.45) is 17.0 Å². The van der Waals surface area contributed by atoms with Crippen molar-refractivity contribution in [3.05, 3.63) is 81.8 Å². The van der Waals surface area contributed by atoms with Crippen LogP contribution in [-0.2, 0) is 34.3 Å². The number of oxime groups is 1. The molecule has 1 aromatic heterocycles. The minimum Gasteiger partial charge on any atom is -0.411 e. The van der Waals surface area contributed by atoms with Crippen LogP contribution in [0.25, 0.3) is 0 Å². The number of thiazole rings is 1. The minimum atomic E-state index is -4.05. The summed E-state index contributed by atoms with van der Waals surface area (Å²) in [5, 5.41) is 32.5. The minimum absolute atomic E-state index is 0.0250. The molecule has 2 heterocycles. The molecule has 0 saturated carbocycles. The van der Waals surface area contributed by atoms with Crippen LogP contribution in [0.3, 0.4) is 0 Å². The fourth-order valence-corrected chi connectivity index (χ4v) is 8.45. The molecular formula is C35H49N7O6S2. The van der Waals surface area contributed by atoms with E-state index in [0.717, 1.165) is 16.3 Å². The van der Waals surface area contributed by atoms with Gasteiger partial charge in [0.25, 0.3) is 0 Å². The van der Waals surface area contributed by atoms with Crippen LogP contribution >= 0.6 is 11.3 Å². The maximum atomic E-state index is 14.1. The van der Waals surface area contributed by atoms with Gasteiger partial charge in [0.2, 0.25) is 15.9 Å². The topological polar surface area (TPSA) is 168 Å². The van der Waals surface area contributed by atoms with Crippen molar-refractivity contribution in [3.8, 4) is 0 Å². The lowest BCUT2D eigenvalue weighted by Gasteiger charge is -2.34. The molecule has 272 valence electrons. The van der Waals surface area contributed by atoms with Gasteiger partial charge < -0.3 is 30.7 Å². The van der Waals surface area contributed by atoms with Gasteiger partial charge in [0.15, 0.2) is 0 Å².